The minimum absolute atomic E-state index is 0.922. The molecule has 8 rings (SSSR count). The van der Waals surface area contributed by atoms with Gasteiger partial charge in [0.2, 0.25) is 0 Å². The average Bonchev–Trinajstić information content (AvgIpc) is 3.27. The maximum Gasteiger partial charge on any atom is 0.115 e. The van der Waals surface area contributed by atoms with Crippen LogP contribution in [0.4, 0.5) is 17.1 Å². The second-order valence-electron chi connectivity index (χ2n) is 8.95. The molecule has 1 aliphatic rings. The van der Waals surface area contributed by atoms with E-state index >= 15 is 0 Å². The van der Waals surface area contributed by atoms with E-state index in [0.717, 1.165) is 33.8 Å². The standard InChI is InChI=1S/C30H18N6/c1-2-9-26-22(7-1)24-11-25-23-8-3-5-19-6-4-10-27(30(19)23)36(21-15-33-18-34-16-21)29(25)12-28(24)35(26)20-13-31-17-32-14-20/h1-18H. The highest BCUT2D eigenvalue weighted by Gasteiger charge is 2.28. The summed E-state index contributed by atoms with van der Waals surface area (Å²) in [5.74, 6) is 0. The molecule has 6 nitrogen and oxygen atoms in total. The van der Waals surface area contributed by atoms with Crippen LogP contribution in [0.5, 0.6) is 0 Å². The lowest BCUT2D eigenvalue weighted by Gasteiger charge is -2.33. The smallest absolute Gasteiger partial charge is 0.115 e. The molecular weight excluding hydrogens is 444 g/mol. The molecule has 0 saturated carbocycles. The third kappa shape index (κ3) is 2.55. The van der Waals surface area contributed by atoms with Gasteiger partial charge in [0, 0.05) is 21.7 Å². The molecule has 0 fully saturated rings. The van der Waals surface area contributed by atoms with Crippen LogP contribution in [0.3, 0.4) is 0 Å². The minimum atomic E-state index is 0.922. The Balaban J connectivity index is 1.56. The second kappa shape index (κ2) is 7.20. The molecule has 0 amide bonds. The number of aromatic nitrogens is 5. The Morgan fingerprint density at radius 2 is 1.25 bits per heavy atom. The van der Waals surface area contributed by atoms with Crippen molar-refractivity contribution in [2.45, 2.75) is 0 Å². The summed E-state index contributed by atoms with van der Waals surface area (Å²) in [6, 6.07) is 26.1. The fraction of sp³-hybridized carbons (Fsp3) is 0. The summed E-state index contributed by atoms with van der Waals surface area (Å²) in [6.45, 7) is 0. The van der Waals surface area contributed by atoms with E-state index in [9.17, 15) is 0 Å². The number of para-hydroxylation sites is 1. The van der Waals surface area contributed by atoms with Crippen molar-refractivity contribution in [1.29, 1.82) is 0 Å². The van der Waals surface area contributed by atoms with E-state index in [1.54, 1.807) is 12.7 Å². The summed E-state index contributed by atoms with van der Waals surface area (Å²) in [5.41, 5.74) is 8.69. The lowest BCUT2D eigenvalue weighted by molar-refractivity contribution is 1.07. The predicted molar refractivity (Wildman–Crippen MR) is 143 cm³/mol. The van der Waals surface area contributed by atoms with Crippen LogP contribution in [0.25, 0.3) is 49.4 Å². The van der Waals surface area contributed by atoms with Gasteiger partial charge in [0.25, 0.3) is 0 Å². The Hall–Kier alpha value is -5.10. The number of benzene rings is 4. The summed E-state index contributed by atoms with van der Waals surface area (Å²) in [5, 5.41) is 4.82. The zero-order valence-corrected chi connectivity index (χ0v) is 19.1. The summed E-state index contributed by atoms with van der Waals surface area (Å²) >= 11 is 0. The van der Waals surface area contributed by atoms with Crippen LogP contribution < -0.4 is 4.90 Å². The highest BCUT2D eigenvalue weighted by molar-refractivity contribution is 6.18. The largest absolute Gasteiger partial charge is 0.306 e. The average molecular weight is 463 g/mol. The van der Waals surface area contributed by atoms with Crippen molar-refractivity contribution in [1.82, 2.24) is 24.5 Å². The van der Waals surface area contributed by atoms with Gasteiger partial charge in [-0.25, -0.2) is 19.9 Å². The maximum absolute atomic E-state index is 4.34. The third-order valence-electron chi connectivity index (χ3n) is 7.06. The van der Waals surface area contributed by atoms with Gasteiger partial charge in [-0.05, 0) is 35.2 Å². The van der Waals surface area contributed by atoms with E-state index < -0.39 is 0 Å². The van der Waals surface area contributed by atoms with E-state index in [1.807, 2.05) is 24.8 Å². The fourth-order valence-corrected chi connectivity index (χ4v) is 5.64. The highest BCUT2D eigenvalue weighted by Crippen LogP contribution is 2.52. The lowest BCUT2D eigenvalue weighted by Crippen LogP contribution is -2.15. The van der Waals surface area contributed by atoms with Gasteiger partial charge in [0.15, 0.2) is 0 Å². The molecule has 4 heterocycles. The van der Waals surface area contributed by atoms with Gasteiger partial charge in [0.05, 0.1) is 58.6 Å². The van der Waals surface area contributed by atoms with Crippen molar-refractivity contribution >= 4 is 49.6 Å². The Morgan fingerprint density at radius 3 is 2.06 bits per heavy atom. The van der Waals surface area contributed by atoms with E-state index in [2.05, 4.69) is 102 Å². The zero-order valence-electron chi connectivity index (χ0n) is 19.1. The molecule has 6 heteroatoms. The zero-order chi connectivity index (χ0) is 23.6. The number of rotatable bonds is 2. The molecule has 7 aromatic rings. The Labute approximate surface area is 206 Å². The van der Waals surface area contributed by atoms with Crippen LogP contribution in [0.1, 0.15) is 0 Å². The van der Waals surface area contributed by atoms with Crippen molar-refractivity contribution in [3.8, 4) is 16.8 Å². The summed E-state index contributed by atoms with van der Waals surface area (Å²) in [4.78, 5) is 19.6. The molecule has 1 aliphatic heterocycles. The molecule has 0 unspecified atom stereocenters. The van der Waals surface area contributed by atoms with Crippen molar-refractivity contribution in [3.05, 3.63) is 110 Å². The van der Waals surface area contributed by atoms with Gasteiger partial charge in [-0.3, -0.25) is 0 Å². The van der Waals surface area contributed by atoms with Gasteiger partial charge in [0.1, 0.15) is 12.7 Å². The number of anilines is 3. The Kier molecular flexibility index (Phi) is 3.85. The van der Waals surface area contributed by atoms with Gasteiger partial charge < -0.3 is 9.47 Å². The number of hydrogen-bond acceptors (Lipinski definition) is 5. The minimum Gasteiger partial charge on any atom is -0.306 e. The first-order chi connectivity index (χ1) is 17.9. The molecule has 168 valence electrons. The van der Waals surface area contributed by atoms with Crippen LogP contribution in [-0.2, 0) is 0 Å². The van der Waals surface area contributed by atoms with Crippen molar-refractivity contribution in [3.63, 3.8) is 0 Å². The summed E-state index contributed by atoms with van der Waals surface area (Å²) in [6.07, 6.45) is 10.6. The molecule has 0 N–H and O–H groups in total. The lowest BCUT2D eigenvalue weighted by atomic mass is 9.90. The van der Waals surface area contributed by atoms with E-state index in [4.69, 9.17) is 0 Å². The number of hydrogen-bond donors (Lipinski definition) is 0. The summed E-state index contributed by atoms with van der Waals surface area (Å²) in [7, 11) is 0. The van der Waals surface area contributed by atoms with Crippen LogP contribution in [-0.4, -0.2) is 24.5 Å². The first kappa shape index (κ1) is 19.2. The Morgan fingerprint density at radius 1 is 0.528 bits per heavy atom. The van der Waals surface area contributed by atoms with Crippen LogP contribution in [0.2, 0.25) is 0 Å². The van der Waals surface area contributed by atoms with Crippen LogP contribution in [0.15, 0.2) is 110 Å². The molecule has 0 spiro atoms. The van der Waals surface area contributed by atoms with Gasteiger partial charge in [-0.2, -0.15) is 0 Å². The number of nitrogens with zero attached hydrogens (tertiary/aromatic N) is 6. The fourth-order valence-electron chi connectivity index (χ4n) is 5.64. The predicted octanol–water partition coefficient (Wildman–Crippen LogP) is 6.97. The maximum atomic E-state index is 4.34. The van der Waals surface area contributed by atoms with Crippen molar-refractivity contribution < 1.29 is 0 Å². The SMILES string of the molecule is c1cc2c3c(cccc3c1)N(c1cncnc1)c1cc3c(cc1-2)c1ccccc1n3-c1cncnc1. The number of fused-ring (bicyclic) bond motifs is 5. The Bertz CT molecular complexity index is 1940. The summed E-state index contributed by atoms with van der Waals surface area (Å²) < 4.78 is 2.24. The van der Waals surface area contributed by atoms with E-state index in [0.29, 0.717) is 0 Å². The highest BCUT2D eigenvalue weighted by atomic mass is 15.2. The normalized spacial score (nSPS) is 12.4. The first-order valence-corrected chi connectivity index (χ1v) is 11.8. The topological polar surface area (TPSA) is 59.7 Å². The molecule has 0 atom stereocenters. The first-order valence-electron chi connectivity index (χ1n) is 11.8. The molecule has 36 heavy (non-hydrogen) atoms. The van der Waals surface area contributed by atoms with Crippen LogP contribution >= 0.6 is 0 Å². The van der Waals surface area contributed by atoms with E-state index in [-0.39, 0.29) is 0 Å². The van der Waals surface area contributed by atoms with Crippen LogP contribution in [0, 0.1) is 0 Å². The van der Waals surface area contributed by atoms with Crippen molar-refractivity contribution in [2.75, 3.05) is 4.90 Å². The quantitative estimate of drug-likeness (QED) is 0.278. The second-order valence-corrected chi connectivity index (χ2v) is 8.95. The molecule has 0 saturated heterocycles. The molecular formula is C30H18N6. The molecule has 3 aromatic heterocycles. The molecule has 0 radical (unpaired) electrons. The van der Waals surface area contributed by atoms with Crippen molar-refractivity contribution in [2.24, 2.45) is 0 Å². The molecule has 4 aromatic carbocycles. The molecule has 0 bridgehead atoms. The van der Waals surface area contributed by atoms with Gasteiger partial charge >= 0.3 is 0 Å². The third-order valence-corrected chi connectivity index (χ3v) is 7.06. The van der Waals surface area contributed by atoms with E-state index in [1.165, 1.54) is 32.7 Å². The van der Waals surface area contributed by atoms with Gasteiger partial charge in [-0.1, -0.05) is 48.5 Å². The van der Waals surface area contributed by atoms with Gasteiger partial charge in [-0.15, -0.1) is 0 Å². The molecule has 0 aliphatic carbocycles. The monoisotopic (exact) mass is 462 g/mol.